The van der Waals surface area contributed by atoms with Gasteiger partial charge >= 0.3 is 6.03 Å². The second-order valence-electron chi connectivity index (χ2n) is 5.85. The fraction of sp³-hybridized carbons (Fsp3) is 0.150. The molecule has 1 N–H and O–H groups in total. The molecule has 0 spiro atoms. The van der Waals surface area contributed by atoms with E-state index in [-0.39, 0.29) is 11.6 Å². The van der Waals surface area contributed by atoms with Gasteiger partial charge < -0.3 is 10.2 Å². The second kappa shape index (κ2) is 7.30. The number of carbonyl (C=O) groups is 1. The summed E-state index contributed by atoms with van der Waals surface area (Å²) in [5.41, 5.74) is 1.26. The Morgan fingerprint density at radius 2 is 1.76 bits per heavy atom. The highest BCUT2D eigenvalue weighted by Crippen LogP contribution is 2.23. The van der Waals surface area contributed by atoms with Crippen molar-refractivity contribution in [1.82, 2.24) is 4.90 Å². The van der Waals surface area contributed by atoms with Gasteiger partial charge in [0.2, 0.25) is 0 Å². The van der Waals surface area contributed by atoms with Crippen molar-refractivity contribution in [2.45, 2.75) is 13.0 Å². The number of carbonyl (C=O) groups excluding carboxylic acids is 1. The lowest BCUT2D eigenvalue weighted by molar-refractivity contribution is 0.151. The average Bonchev–Trinajstić information content (AvgIpc) is 2.62. The summed E-state index contributed by atoms with van der Waals surface area (Å²) in [6.07, 6.45) is -2.56. The molecule has 0 saturated carbocycles. The number of nitrogens with zero attached hydrogens (tertiary/aromatic N) is 1. The Hall–Kier alpha value is -2.95. The van der Waals surface area contributed by atoms with Gasteiger partial charge in [0.1, 0.15) is 0 Å². The molecule has 0 atom stereocenters. The fourth-order valence-corrected chi connectivity index (χ4v) is 2.73. The number of anilines is 1. The molecule has 0 radical (unpaired) electrons. The molecular formula is C20H18F2N2O. The number of nitrogens with one attached hydrogen (secondary N) is 1. The predicted molar refractivity (Wildman–Crippen MR) is 95.8 cm³/mol. The molecule has 0 aliphatic rings. The van der Waals surface area contributed by atoms with E-state index in [1.54, 1.807) is 13.1 Å². The maximum absolute atomic E-state index is 12.8. The van der Waals surface area contributed by atoms with Crippen molar-refractivity contribution < 1.29 is 13.6 Å². The highest BCUT2D eigenvalue weighted by atomic mass is 19.3. The van der Waals surface area contributed by atoms with Gasteiger partial charge in [0, 0.05) is 24.8 Å². The zero-order valence-corrected chi connectivity index (χ0v) is 13.7. The molecule has 0 aliphatic heterocycles. The van der Waals surface area contributed by atoms with Crippen molar-refractivity contribution in [3.8, 4) is 0 Å². The van der Waals surface area contributed by atoms with Crippen LogP contribution in [0.4, 0.5) is 19.3 Å². The molecule has 0 fully saturated rings. The van der Waals surface area contributed by atoms with Gasteiger partial charge in [-0.3, -0.25) is 0 Å². The van der Waals surface area contributed by atoms with Gasteiger partial charge in [-0.2, -0.15) is 0 Å². The highest BCUT2D eigenvalue weighted by molar-refractivity contribution is 5.90. The maximum atomic E-state index is 12.8. The Balaban J connectivity index is 1.73. The summed E-state index contributed by atoms with van der Waals surface area (Å²) in [6.45, 7) is 0.418. The molecule has 25 heavy (non-hydrogen) atoms. The standard InChI is InChI=1S/C20H18F2N2O/c1-24(13-16-9-4-7-14-6-2-3-11-18(14)16)20(25)23-17-10-5-8-15(12-17)19(21)22/h2-12,19H,13H2,1H3,(H,23,25). The molecule has 0 bridgehead atoms. The van der Waals surface area contributed by atoms with Crippen molar-refractivity contribution in [2.24, 2.45) is 0 Å². The van der Waals surface area contributed by atoms with Gasteiger partial charge in [0.15, 0.2) is 0 Å². The Bertz CT molecular complexity index is 890. The van der Waals surface area contributed by atoms with Gasteiger partial charge in [0.05, 0.1) is 0 Å². The van der Waals surface area contributed by atoms with E-state index in [1.807, 2.05) is 42.5 Å². The largest absolute Gasteiger partial charge is 0.323 e. The number of alkyl halides is 2. The summed E-state index contributed by atoms with van der Waals surface area (Å²) >= 11 is 0. The van der Waals surface area contributed by atoms with E-state index in [4.69, 9.17) is 0 Å². The molecule has 3 aromatic carbocycles. The monoisotopic (exact) mass is 340 g/mol. The van der Waals surface area contributed by atoms with E-state index < -0.39 is 6.43 Å². The molecule has 0 saturated heterocycles. The molecule has 2 amide bonds. The third kappa shape index (κ3) is 3.94. The third-order valence-electron chi connectivity index (χ3n) is 4.02. The summed E-state index contributed by atoms with van der Waals surface area (Å²) in [4.78, 5) is 13.9. The molecule has 128 valence electrons. The molecule has 0 aromatic heterocycles. The van der Waals surface area contributed by atoms with Crippen LogP contribution in [0.2, 0.25) is 0 Å². The van der Waals surface area contributed by atoms with Crippen LogP contribution >= 0.6 is 0 Å². The van der Waals surface area contributed by atoms with E-state index in [9.17, 15) is 13.6 Å². The number of rotatable bonds is 4. The quantitative estimate of drug-likeness (QED) is 0.674. The van der Waals surface area contributed by atoms with Crippen molar-refractivity contribution in [1.29, 1.82) is 0 Å². The first-order valence-electron chi connectivity index (χ1n) is 7.91. The van der Waals surface area contributed by atoms with Gasteiger partial charge in [0.25, 0.3) is 6.43 Å². The van der Waals surface area contributed by atoms with Crippen LogP contribution in [-0.2, 0) is 6.54 Å². The van der Waals surface area contributed by atoms with E-state index in [0.717, 1.165) is 16.3 Å². The minimum Gasteiger partial charge on any atom is -0.323 e. The average molecular weight is 340 g/mol. The van der Waals surface area contributed by atoms with Crippen LogP contribution in [0.15, 0.2) is 66.7 Å². The molecule has 0 aliphatic carbocycles. The van der Waals surface area contributed by atoms with Crippen LogP contribution in [0.1, 0.15) is 17.6 Å². The second-order valence-corrected chi connectivity index (χ2v) is 5.85. The number of urea groups is 1. The van der Waals surface area contributed by atoms with E-state index in [0.29, 0.717) is 12.2 Å². The van der Waals surface area contributed by atoms with Gasteiger partial charge in [-0.25, -0.2) is 13.6 Å². The molecule has 5 heteroatoms. The number of benzene rings is 3. The van der Waals surface area contributed by atoms with Crippen LogP contribution in [0.25, 0.3) is 10.8 Å². The van der Waals surface area contributed by atoms with Gasteiger partial charge in [-0.15, -0.1) is 0 Å². The van der Waals surface area contributed by atoms with Crippen molar-refractivity contribution >= 4 is 22.5 Å². The lowest BCUT2D eigenvalue weighted by Gasteiger charge is -2.19. The molecule has 3 rings (SSSR count). The fourth-order valence-electron chi connectivity index (χ4n) is 2.73. The summed E-state index contributed by atoms with van der Waals surface area (Å²) < 4.78 is 25.5. The maximum Gasteiger partial charge on any atom is 0.321 e. The van der Waals surface area contributed by atoms with Crippen LogP contribution in [0.3, 0.4) is 0 Å². The normalized spacial score (nSPS) is 10.9. The first-order valence-corrected chi connectivity index (χ1v) is 7.91. The van der Waals surface area contributed by atoms with Crippen LogP contribution < -0.4 is 5.32 Å². The van der Waals surface area contributed by atoms with Crippen molar-refractivity contribution in [2.75, 3.05) is 12.4 Å². The van der Waals surface area contributed by atoms with Crippen LogP contribution in [0.5, 0.6) is 0 Å². The molecule has 0 heterocycles. The number of fused-ring (bicyclic) bond motifs is 1. The summed E-state index contributed by atoms with van der Waals surface area (Å²) in [7, 11) is 1.67. The Kier molecular flexibility index (Phi) is 4.93. The molecule has 0 unspecified atom stereocenters. The number of hydrogen-bond donors (Lipinski definition) is 1. The SMILES string of the molecule is CN(Cc1cccc2ccccc12)C(=O)Nc1cccc(C(F)F)c1. The topological polar surface area (TPSA) is 32.3 Å². The predicted octanol–water partition coefficient (Wildman–Crippen LogP) is 5.44. The van der Waals surface area contributed by atoms with Crippen molar-refractivity contribution in [3.63, 3.8) is 0 Å². The molecule has 3 aromatic rings. The molecular weight excluding hydrogens is 322 g/mol. The lowest BCUT2D eigenvalue weighted by atomic mass is 10.0. The summed E-state index contributed by atoms with van der Waals surface area (Å²) in [6, 6.07) is 19.3. The number of halogens is 2. The lowest BCUT2D eigenvalue weighted by Crippen LogP contribution is -2.30. The Morgan fingerprint density at radius 3 is 2.56 bits per heavy atom. The Labute approximate surface area is 144 Å². The number of amides is 2. The van der Waals surface area contributed by atoms with E-state index in [2.05, 4.69) is 5.32 Å². The summed E-state index contributed by atoms with van der Waals surface area (Å²) in [5.74, 6) is 0. The van der Waals surface area contributed by atoms with Crippen LogP contribution in [0, 0.1) is 0 Å². The smallest absolute Gasteiger partial charge is 0.321 e. The minimum atomic E-state index is -2.56. The van der Waals surface area contributed by atoms with E-state index in [1.165, 1.54) is 23.1 Å². The first kappa shape index (κ1) is 16.9. The summed E-state index contributed by atoms with van der Waals surface area (Å²) in [5, 5.41) is 4.86. The van der Waals surface area contributed by atoms with E-state index >= 15 is 0 Å². The highest BCUT2D eigenvalue weighted by Gasteiger charge is 2.13. The van der Waals surface area contributed by atoms with Crippen LogP contribution in [-0.4, -0.2) is 18.0 Å². The number of hydrogen-bond acceptors (Lipinski definition) is 1. The Morgan fingerprint density at radius 1 is 1.04 bits per heavy atom. The first-order chi connectivity index (χ1) is 12.0. The third-order valence-corrected chi connectivity index (χ3v) is 4.02. The zero-order valence-electron chi connectivity index (χ0n) is 13.7. The zero-order chi connectivity index (χ0) is 17.8. The van der Waals surface area contributed by atoms with Gasteiger partial charge in [-0.1, -0.05) is 54.6 Å². The van der Waals surface area contributed by atoms with Crippen molar-refractivity contribution in [3.05, 3.63) is 77.9 Å². The molecule has 3 nitrogen and oxygen atoms in total. The minimum absolute atomic E-state index is 0.116. The van der Waals surface area contributed by atoms with Gasteiger partial charge in [-0.05, 0) is 28.5 Å².